The number of carbonyl (C=O) groups is 1. The highest BCUT2D eigenvalue weighted by atomic mass is 16.5. The fraction of sp³-hybridized carbons (Fsp3) is 0.667. The second-order valence-electron chi connectivity index (χ2n) is 6.19. The maximum Gasteiger partial charge on any atom is 0.317 e. The lowest BCUT2D eigenvalue weighted by Gasteiger charge is -2.46. The van der Waals surface area contributed by atoms with Gasteiger partial charge < -0.3 is 4.74 Å². The van der Waals surface area contributed by atoms with E-state index in [0.29, 0.717) is 5.92 Å². The lowest BCUT2D eigenvalue weighted by Crippen LogP contribution is -2.36. The van der Waals surface area contributed by atoms with Gasteiger partial charge >= 0.3 is 5.97 Å². The number of carbonyl (C=O) groups excluding carboxylic acids is 1. The number of ether oxygens (including phenoxy) is 1. The van der Waals surface area contributed by atoms with Crippen LogP contribution in [0.25, 0.3) is 0 Å². The molecule has 0 aromatic rings. The van der Waals surface area contributed by atoms with E-state index in [2.05, 4.69) is 13.5 Å². The Labute approximate surface area is 103 Å². The van der Waals surface area contributed by atoms with E-state index >= 15 is 0 Å². The summed E-state index contributed by atoms with van der Waals surface area (Å²) in [5.74, 6) is 1.47. The van der Waals surface area contributed by atoms with Gasteiger partial charge in [-0.15, -0.1) is 0 Å². The van der Waals surface area contributed by atoms with Gasteiger partial charge in [0.15, 0.2) is 0 Å². The van der Waals surface area contributed by atoms with Crippen molar-refractivity contribution in [2.75, 3.05) is 0 Å². The zero-order valence-electron chi connectivity index (χ0n) is 10.7. The first kappa shape index (κ1) is 11.1. The van der Waals surface area contributed by atoms with Crippen LogP contribution in [0.4, 0.5) is 0 Å². The third-order valence-corrected chi connectivity index (χ3v) is 5.03. The average molecular weight is 232 g/mol. The minimum absolute atomic E-state index is 0.0238. The van der Waals surface area contributed by atoms with Gasteiger partial charge in [-0.05, 0) is 49.5 Å². The summed E-state index contributed by atoms with van der Waals surface area (Å²) in [5, 5.41) is 0. The van der Waals surface area contributed by atoms with Crippen molar-refractivity contribution >= 4 is 5.97 Å². The van der Waals surface area contributed by atoms with Gasteiger partial charge in [0.05, 0.1) is 5.92 Å². The molecule has 17 heavy (non-hydrogen) atoms. The van der Waals surface area contributed by atoms with Gasteiger partial charge in [-0.25, -0.2) is 0 Å². The minimum Gasteiger partial charge on any atom is -0.431 e. The van der Waals surface area contributed by atoms with E-state index in [1.807, 2.05) is 6.92 Å². The van der Waals surface area contributed by atoms with E-state index in [1.165, 1.54) is 24.0 Å². The highest BCUT2D eigenvalue weighted by molar-refractivity contribution is 5.80. The molecule has 92 valence electrons. The van der Waals surface area contributed by atoms with E-state index in [-0.39, 0.29) is 17.3 Å². The van der Waals surface area contributed by atoms with Crippen LogP contribution in [-0.4, -0.2) is 5.97 Å². The Bertz CT molecular complexity index is 432. The van der Waals surface area contributed by atoms with Crippen LogP contribution in [-0.2, 0) is 9.53 Å². The van der Waals surface area contributed by atoms with Crippen molar-refractivity contribution in [3.05, 3.63) is 23.5 Å². The summed E-state index contributed by atoms with van der Waals surface area (Å²) in [6.45, 7) is 8.56. The largest absolute Gasteiger partial charge is 0.431 e. The summed E-state index contributed by atoms with van der Waals surface area (Å²) in [7, 11) is 0. The molecule has 1 saturated carbocycles. The molecule has 2 nitrogen and oxygen atoms in total. The molecule has 2 aliphatic carbocycles. The van der Waals surface area contributed by atoms with Crippen LogP contribution in [0.3, 0.4) is 0 Å². The van der Waals surface area contributed by atoms with Crippen LogP contribution in [0, 0.1) is 17.3 Å². The summed E-state index contributed by atoms with van der Waals surface area (Å²) in [6, 6.07) is 0. The predicted molar refractivity (Wildman–Crippen MR) is 66.1 cm³/mol. The molecule has 3 aliphatic rings. The first-order chi connectivity index (χ1) is 8.01. The number of esters is 1. The molecular weight excluding hydrogens is 212 g/mol. The molecule has 0 N–H and O–H groups in total. The van der Waals surface area contributed by atoms with E-state index in [1.54, 1.807) is 0 Å². The Morgan fingerprint density at radius 1 is 1.47 bits per heavy atom. The lowest BCUT2D eigenvalue weighted by atomic mass is 9.58. The van der Waals surface area contributed by atoms with Gasteiger partial charge in [-0.2, -0.15) is 0 Å². The fourth-order valence-corrected chi connectivity index (χ4v) is 3.85. The van der Waals surface area contributed by atoms with Crippen molar-refractivity contribution in [3.8, 4) is 0 Å². The molecule has 0 radical (unpaired) electrons. The van der Waals surface area contributed by atoms with Crippen molar-refractivity contribution in [1.29, 1.82) is 0 Å². The summed E-state index contributed by atoms with van der Waals surface area (Å²) in [4.78, 5) is 11.6. The Balaban J connectivity index is 1.97. The van der Waals surface area contributed by atoms with Crippen molar-refractivity contribution in [1.82, 2.24) is 0 Å². The van der Waals surface area contributed by atoms with Crippen LogP contribution in [0.5, 0.6) is 0 Å². The fourth-order valence-electron chi connectivity index (χ4n) is 3.85. The number of rotatable bonds is 0. The zero-order valence-corrected chi connectivity index (χ0v) is 10.7. The van der Waals surface area contributed by atoms with E-state index < -0.39 is 0 Å². The van der Waals surface area contributed by atoms with Crippen LogP contribution in [0.2, 0.25) is 0 Å². The maximum atomic E-state index is 11.6. The minimum atomic E-state index is -0.0529. The molecule has 1 fully saturated rings. The van der Waals surface area contributed by atoms with Crippen LogP contribution >= 0.6 is 0 Å². The normalized spacial score (nSPS) is 41.1. The summed E-state index contributed by atoms with van der Waals surface area (Å²) in [6.07, 6.45) is 5.56. The molecule has 3 atom stereocenters. The van der Waals surface area contributed by atoms with Gasteiger partial charge in [0.1, 0.15) is 5.76 Å². The Hall–Kier alpha value is -1.05. The molecule has 2 heteroatoms. The first-order valence-corrected chi connectivity index (χ1v) is 6.62. The number of hydrogen-bond donors (Lipinski definition) is 0. The average Bonchev–Trinajstić information content (AvgIpc) is 2.52. The van der Waals surface area contributed by atoms with Gasteiger partial charge in [-0.3, -0.25) is 4.79 Å². The smallest absolute Gasteiger partial charge is 0.317 e. The first-order valence-electron chi connectivity index (χ1n) is 6.62. The molecule has 1 aliphatic heterocycles. The molecule has 0 aromatic heterocycles. The van der Waals surface area contributed by atoms with E-state index in [4.69, 9.17) is 4.74 Å². The van der Waals surface area contributed by atoms with Gasteiger partial charge in [0, 0.05) is 6.42 Å². The number of allylic oxidation sites excluding steroid dienone is 2. The highest BCUT2D eigenvalue weighted by Crippen LogP contribution is 2.56. The van der Waals surface area contributed by atoms with Crippen molar-refractivity contribution in [3.63, 3.8) is 0 Å². The molecular formula is C15H20O2. The Kier molecular flexibility index (Phi) is 2.26. The highest BCUT2D eigenvalue weighted by Gasteiger charge is 2.47. The van der Waals surface area contributed by atoms with Crippen molar-refractivity contribution < 1.29 is 9.53 Å². The van der Waals surface area contributed by atoms with Gasteiger partial charge in [0.25, 0.3) is 0 Å². The summed E-state index contributed by atoms with van der Waals surface area (Å²) < 4.78 is 5.44. The molecule has 0 amide bonds. The van der Waals surface area contributed by atoms with Crippen molar-refractivity contribution in [2.24, 2.45) is 17.3 Å². The molecule has 0 spiro atoms. The summed E-state index contributed by atoms with van der Waals surface area (Å²) in [5.41, 5.74) is 2.91. The van der Waals surface area contributed by atoms with E-state index in [0.717, 1.165) is 25.0 Å². The van der Waals surface area contributed by atoms with Crippen LogP contribution in [0.15, 0.2) is 23.5 Å². The summed E-state index contributed by atoms with van der Waals surface area (Å²) >= 11 is 0. The topological polar surface area (TPSA) is 26.3 Å². The molecule has 3 rings (SSSR count). The molecule has 0 bridgehead atoms. The predicted octanol–water partition coefficient (Wildman–Crippen LogP) is 3.59. The molecule has 0 aromatic carbocycles. The second kappa shape index (κ2) is 3.47. The molecule has 0 unspecified atom stereocenters. The lowest BCUT2D eigenvalue weighted by molar-refractivity contribution is -0.140. The third-order valence-electron chi connectivity index (χ3n) is 5.03. The van der Waals surface area contributed by atoms with Crippen LogP contribution < -0.4 is 0 Å². The van der Waals surface area contributed by atoms with Gasteiger partial charge in [0.2, 0.25) is 0 Å². The van der Waals surface area contributed by atoms with E-state index in [9.17, 15) is 4.79 Å². The SMILES string of the molecule is C=C1CCC[C@]2(C)CC3=C(C[C@H]12)[C@H](C)C(=O)O3. The standard InChI is InChI=1S/C15H20O2/c1-9-5-4-6-15(3)8-13-11(7-12(9)15)10(2)14(16)17-13/h10,12H,1,4-8H2,2-3H3/t10-,12+,15+/m0/s1. The Morgan fingerprint density at radius 2 is 2.24 bits per heavy atom. The quantitative estimate of drug-likeness (QED) is 0.471. The maximum absolute atomic E-state index is 11.6. The zero-order chi connectivity index (χ0) is 12.2. The second-order valence-corrected chi connectivity index (χ2v) is 6.19. The van der Waals surface area contributed by atoms with Crippen molar-refractivity contribution in [2.45, 2.75) is 46.0 Å². The third kappa shape index (κ3) is 1.50. The monoisotopic (exact) mass is 232 g/mol. The number of hydrogen-bond acceptors (Lipinski definition) is 2. The molecule has 1 heterocycles. The molecule has 0 saturated heterocycles. The van der Waals surface area contributed by atoms with Crippen LogP contribution in [0.1, 0.15) is 46.0 Å². The van der Waals surface area contributed by atoms with Gasteiger partial charge in [-0.1, -0.05) is 19.1 Å². The Morgan fingerprint density at radius 3 is 3.00 bits per heavy atom. The number of fused-ring (bicyclic) bond motifs is 1.